The highest BCUT2D eigenvalue weighted by Gasteiger charge is 2.52. The molecule has 26 heavy (non-hydrogen) atoms. The zero-order valence-electron chi connectivity index (χ0n) is 15.9. The summed E-state index contributed by atoms with van der Waals surface area (Å²) in [6, 6.07) is 5.49. The molecular formula is C19H26BNO5. The molecule has 140 valence electrons. The summed E-state index contributed by atoms with van der Waals surface area (Å²) in [5, 5.41) is 8.84. The van der Waals surface area contributed by atoms with E-state index in [4.69, 9.17) is 24.9 Å². The van der Waals surface area contributed by atoms with Gasteiger partial charge in [-0.2, -0.15) is 0 Å². The van der Waals surface area contributed by atoms with Crippen LogP contribution in [0.25, 0.3) is 12.2 Å². The predicted molar refractivity (Wildman–Crippen MR) is 103 cm³/mol. The summed E-state index contributed by atoms with van der Waals surface area (Å²) in [5.41, 5.74) is 7.36. The summed E-state index contributed by atoms with van der Waals surface area (Å²) in [6.45, 7) is 8.24. The molecule has 1 saturated heterocycles. The molecule has 1 heterocycles. The number of ether oxygens (including phenoxy) is 1. The highest BCUT2D eigenvalue weighted by Crippen LogP contribution is 2.38. The van der Waals surface area contributed by atoms with Gasteiger partial charge in [-0.15, -0.1) is 0 Å². The lowest BCUT2D eigenvalue weighted by molar-refractivity contribution is -0.131. The summed E-state index contributed by atoms with van der Waals surface area (Å²) < 4.78 is 17.4. The second-order valence-corrected chi connectivity index (χ2v) is 7.18. The predicted octanol–water partition coefficient (Wildman–Crippen LogP) is 2.77. The van der Waals surface area contributed by atoms with Crippen molar-refractivity contribution in [3.63, 3.8) is 0 Å². The summed E-state index contributed by atoms with van der Waals surface area (Å²) in [7, 11) is 1.02. The summed E-state index contributed by atoms with van der Waals surface area (Å²) >= 11 is 0. The molecule has 0 atom stereocenters. The maximum absolute atomic E-state index is 10.8. The summed E-state index contributed by atoms with van der Waals surface area (Å²) in [6.07, 6.45) is 4.47. The Bertz CT molecular complexity index is 723. The van der Waals surface area contributed by atoms with Crippen molar-refractivity contribution in [1.82, 2.24) is 0 Å². The molecule has 0 spiro atoms. The van der Waals surface area contributed by atoms with Crippen molar-refractivity contribution in [2.24, 2.45) is 5.73 Å². The fourth-order valence-electron chi connectivity index (χ4n) is 2.57. The Kier molecular flexibility index (Phi) is 5.96. The third-order valence-electron chi connectivity index (χ3n) is 4.80. The molecule has 3 N–H and O–H groups in total. The van der Waals surface area contributed by atoms with Crippen molar-refractivity contribution < 1.29 is 23.9 Å². The number of hydrogen-bond acceptors (Lipinski definition) is 5. The number of benzene rings is 1. The number of carboxylic acids is 1. The van der Waals surface area contributed by atoms with Crippen molar-refractivity contribution in [2.45, 2.75) is 38.9 Å². The second kappa shape index (κ2) is 7.66. The molecule has 0 bridgehead atoms. The molecule has 0 unspecified atom stereocenters. The lowest BCUT2D eigenvalue weighted by Crippen LogP contribution is -2.41. The molecule has 7 heteroatoms. The quantitative estimate of drug-likeness (QED) is 0.600. The number of carboxylic acid groups (broad SMARTS) is 1. The van der Waals surface area contributed by atoms with Gasteiger partial charge in [0, 0.05) is 18.2 Å². The average molecular weight is 359 g/mol. The van der Waals surface area contributed by atoms with Crippen LogP contribution in [0.5, 0.6) is 5.75 Å². The smallest absolute Gasteiger partial charge is 0.491 e. The van der Waals surface area contributed by atoms with Gasteiger partial charge in [0.05, 0.1) is 18.3 Å². The Morgan fingerprint density at radius 2 is 1.88 bits per heavy atom. The van der Waals surface area contributed by atoms with Crippen LogP contribution in [-0.2, 0) is 14.1 Å². The van der Waals surface area contributed by atoms with Crippen LogP contribution in [0.2, 0.25) is 0 Å². The van der Waals surface area contributed by atoms with Gasteiger partial charge >= 0.3 is 13.1 Å². The molecule has 1 aliphatic heterocycles. The molecule has 1 fully saturated rings. The van der Waals surface area contributed by atoms with E-state index < -0.39 is 24.3 Å². The van der Waals surface area contributed by atoms with Crippen molar-refractivity contribution in [3.8, 4) is 5.75 Å². The first-order valence-corrected chi connectivity index (χ1v) is 8.45. The van der Waals surface area contributed by atoms with Gasteiger partial charge in [-0.25, -0.2) is 4.79 Å². The van der Waals surface area contributed by atoms with Crippen molar-refractivity contribution >= 4 is 25.2 Å². The fourth-order valence-corrected chi connectivity index (χ4v) is 2.57. The zero-order valence-corrected chi connectivity index (χ0v) is 15.9. The molecule has 0 aliphatic carbocycles. The van der Waals surface area contributed by atoms with E-state index in [9.17, 15) is 4.79 Å². The third kappa shape index (κ3) is 4.36. The maximum atomic E-state index is 10.8. The fraction of sp³-hybridized carbons (Fsp3) is 0.421. The molecule has 0 radical (unpaired) electrons. The van der Waals surface area contributed by atoms with Crippen molar-refractivity contribution in [2.75, 3.05) is 13.7 Å². The highest BCUT2D eigenvalue weighted by molar-refractivity contribution is 6.55. The Hall–Kier alpha value is -2.09. The lowest BCUT2D eigenvalue weighted by atomic mass is 9.77. The van der Waals surface area contributed by atoms with Gasteiger partial charge in [0.1, 0.15) is 5.75 Å². The van der Waals surface area contributed by atoms with Crippen LogP contribution in [-0.4, -0.2) is 43.1 Å². The van der Waals surface area contributed by atoms with Crippen LogP contribution in [0.4, 0.5) is 0 Å². The topological polar surface area (TPSA) is 91.0 Å². The van der Waals surface area contributed by atoms with Gasteiger partial charge in [-0.05, 0) is 56.9 Å². The molecule has 6 nitrogen and oxygen atoms in total. The number of aliphatic carboxylic acids is 1. The number of hydrogen-bond donors (Lipinski definition) is 2. The Balaban J connectivity index is 2.35. The number of rotatable bonds is 6. The number of carbonyl (C=O) groups is 1. The first-order chi connectivity index (χ1) is 12.1. The van der Waals surface area contributed by atoms with Crippen molar-refractivity contribution in [3.05, 3.63) is 40.9 Å². The van der Waals surface area contributed by atoms with E-state index in [1.54, 1.807) is 13.2 Å². The Morgan fingerprint density at radius 1 is 1.27 bits per heavy atom. The monoisotopic (exact) mass is 359 g/mol. The van der Waals surface area contributed by atoms with Gasteiger partial charge in [0.2, 0.25) is 0 Å². The molecule has 1 aromatic rings. The average Bonchev–Trinajstić information content (AvgIpc) is 2.78. The molecular weight excluding hydrogens is 333 g/mol. The summed E-state index contributed by atoms with van der Waals surface area (Å²) in [5.74, 6) is -0.433. The van der Waals surface area contributed by atoms with Crippen LogP contribution in [0.15, 0.2) is 29.7 Å². The highest BCUT2D eigenvalue weighted by atomic mass is 16.7. The molecule has 2 rings (SSSR count). The van der Waals surface area contributed by atoms with Crippen molar-refractivity contribution in [1.29, 1.82) is 0 Å². The second-order valence-electron chi connectivity index (χ2n) is 7.18. The van der Waals surface area contributed by atoms with Crippen LogP contribution in [0.3, 0.4) is 0 Å². The number of nitrogens with two attached hydrogens (primary N) is 1. The van der Waals surface area contributed by atoms with E-state index in [0.29, 0.717) is 11.3 Å². The van der Waals surface area contributed by atoms with E-state index in [2.05, 4.69) is 0 Å². The van der Waals surface area contributed by atoms with E-state index in [-0.39, 0.29) is 6.54 Å². The lowest BCUT2D eigenvalue weighted by Gasteiger charge is -2.32. The zero-order chi connectivity index (χ0) is 19.5. The van der Waals surface area contributed by atoms with Gasteiger partial charge in [0.15, 0.2) is 0 Å². The maximum Gasteiger partial charge on any atom is 0.491 e. The first kappa shape index (κ1) is 20.2. The molecule has 0 amide bonds. The van der Waals surface area contributed by atoms with Crippen LogP contribution in [0, 0.1) is 0 Å². The minimum atomic E-state index is -1.02. The first-order valence-electron chi connectivity index (χ1n) is 8.45. The van der Waals surface area contributed by atoms with Gasteiger partial charge in [0.25, 0.3) is 0 Å². The van der Waals surface area contributed by atoms with Gasteiger partial charge in [-0.3, -0.25) is 0 Å². The Morgan fingerprint density at radius 3 is 2.38 bits per heavy atom. The van der Waals surface area contributed by atoms with E-state index in [0.717, 1.165) is 17.1 Å². The van der Waals surface area contributed by atoms with E-state index in [1.807, 2.05) is 45.9 Å². The third-order valence-corrected chi connectivity index (χ3v) is 4.80. The Labute approximate surface area is 154 Å². The van der Waals surface area contributed by atoms with Crippen LogP contribution in [0.1, 0.15) is 38.8 Å². The molecule has 1 aliphatic rings. The SMILES string of the molecule is COc1ccc(C=C(CN)B2OC(C)(C)C(C)(C)O2)cc1/C=C/C(=O)O. The molecule has 0 aromatic heterocycles. The molecule has 1 aromatic carbocycles. The summed E-state index contributed by atoms with van der Waals surface area (Å²) in [4.78, 5) is 10.8. The van der Waals surface area contributed by atoms with Crippen LogP contribution < -0.4 is 10.5 Å². The number of methoxy groups -OCH3 is 1. The minimum Gasteiger partial charge on any atom is -0.496 e. The van der Waals surface area contributed by atoms with Crippen LogP contribution >= 0.6 is 0 Å². The van der Waals surface area contributed by atoms with Gasteiger partial charge in [-0.1, -0.05) is 12.1 Å². The standard InChI is InChI=1S/C19H26BNO5/c1-18(2)19(3,4)26-20(25-18)15(12-21)11-13-6-8-16(24-5)14(10-13)7-9-17(22)23/h6-11H,12,21H2,1-5H3,(H,22,23)/b9-7+,15-11?. The van der Waals surface area contributed by atoms with Gasteiger partial charge < -0.3 is 24.9 Å². The van der Waals surface area contributed by atoms with E-state index in [1.165, 1.54) is 6.08 Å². The molecule has 0 saturated carbocycles. The van der Waals surface area contributed by atoms with E-state index >= 15 is 0 Å². The normalized spacial score (nSPS) is 19.2. The largest absolute Gasteiger partial charge is 0.496 e. The minimum absolute atomic E-state index is 0.281.